The third-order valence-electron chi connectivity index (χ3n) is 10.9. The van der Waals surface area contributed by atoms with Gasteiger partial charge in [-0.25, -0.2) is 0 Å². The zero-order valence-corrected chi connectivity index (χ0v) is 34.3. The smallest absolute Gasteiger partial charge is 0.548 e. The second-order valence-corrected chi connectivity index (χ2v) is 15.0. The van der Waals surface area contributed by atoms with Gasteiger partial charge < -0.3 is 44.7 Å². The van der Waals surface area contributed by atoms with Crippen molar-refractivity contribution in [2.75, 3.05) is 42.3 Å². The van der Waals surface area contributed by atoms with Crippen molar-refractivity contribution in [3.05, 3.63) is 108 Å². The van der Waals surface area contributed by atoms with E-state index >= 15 is 0 Å². The zero-order valence-electron chi connectivity index (χ0n) is 33.2. The predicted octanol–water partition coefficient (Wildman–Crippen LogP) is 1.96. The number of carboxylic acid groups (broad SMARTS) is 3. The van der Waals surface area contributed by atoms with Crippen molar-refractivity contribution in [3.63, 3.8) is 0 Å². The molecule has 55 heavy (non-hydrogen) atoms. The van der Waals surface area contributed by atoms with Crippen LogP contribution in [0, 0.1) is 0 Å². The van der Waals surface area contributed by atoms with E-state index < -0.39 is 34.5 Å². The molecule has 288 valence electrons. The van der Waals surface area contributed by atoms with E-state index in [2.05, 4.69) is 15.0 Å². The van der Waals surface area contributed by atoms with E-state index in [9.17, 15) is 29.7 Å². The molecule has 3 heterocycles. The summed E-state index contributed by atoms with van der Waals surface area (Å²) in [6.07, 6.45) is 6.84. The van der Waals surface area contributed by atoms with Crippen molar-refractivity contribution in [1.82, 2.24) is 29.7 Å². The van der Waals surface area contributed by atoms with Gasteiger partial charge in [-0.15, -0.1) is 0 Å². The number of likely N-dealkylation sites (N-methyl/N-ethyl adjacent to an activating group) is 3. The number of hydrogen-bond donors (Lipinski definition) is 3. The summed E-state index contributed by atoms with van der Waals surface area (Å²) in [5, 5.41) is 37.3. The molecule has 0 radical (unpaired) electrons. The van der Waals surface area contributed by atoms with Crippen molar-refractivity contribution in [1.29, 1.82) is 0 Å². The fourth-order valence-corrected chi connectivity index (χ4v) is 6.18. The van der Waals surface area contributed by atoms with Crippen molar-refractivity contribution < 1.29 is 29.7 Å². The van der Waals surface area contributed by atoms with Gasteiger partial charge in [-0.05, 0) is 117 Å². The number of nitrogens with zero attached hydrogens (tertiary/aromatic N) is 3. The first-order valence-corrected chi connectivity index (χ1v) is 17.7. The maximum Gasteiger partial charge on any atom is 3.00 e. The van der Waals surface area contributed by atoms with E-state index in [0.717, 1.165) is 49.4 Å². The van der Waals surface area contributed by atoms with E-state index in [4.69, 9.17) is 0 Å². The zero-order chi connectivity index (χ0) is 40.0. The average Bonchev–Trinajstić information content (AvgIpc) is 3.85. The van der Waals surface area contributed by atoms with Gasteiger partial charge in [0.15, 0.2) is 0 Å². The van der Waals surface area contributed by atoms with Crippen LogP contribution >= 0.6 is 0 Å². The Morgan fingerprint density at radius 2 is 0.691 bits per heavy atom. The molecule has 6 rings (SSSR count). The number of hydrogen-bond acceptors (Lipinski definition) is 9. The normalized spacial score (nSPS) is 14.6. The summed E-state index contributed by atoms with van der Waals surface area (Å²) in [6, 6.07) is 23.6. The first-order chi connectivity index (χ1) is 25.3. The van der Waals surface area contributed by atoms with E-state index in [-0.39, 0.29) is 17.4 Å². The van der Waals surface area contributed by atoms with Gasteiger partial charge in [0.25, 0.3) is 0 Å². The van der Waals surface area contributed by atoms with E-state index in [0.29, 0.717) is 19.3 Å². The van der Waals surface area contributed by atoms with Crippen LogP contribution in [0.2, 0.25) is 0 Å². The van der Waals surface area contributed by atoms with E-state index in [1.807, 2.05) is 91.4 Å². The Hall–Kier alpha value is -4.90. The Morgan fingerprint density at radius 3 is 0.891 bits per heavy atom. The molecule has 3 aromatic carbocycles. The number of H-pyrrole nitrogens is 3. The molecular weight excluding hydrogens is 711 g/mol. The Labute approximate surface area is 333 Å². The van der Waals surface area contributed by atoms with E-state index in [1.165, 1.54) is 0 Å². The van der Waals surface area contributed by atoms with Crippen molar-refractivity contribution in [2.24, 2.45) is 0 Å². The fraction of sp³-hybridized carbons (Fsp3) is 0.357. The Morgan fingerprint density at radius 1 is 0.473 bits per heavy atom. The molecule has 0 aliphatic carbocycles. The summed E-state index contributed by atoms with van der Waals surface area (Å²) in [4.78, 5) is 48.6. The van der Waals surface area contributed by atoms with Gasteiger partial charge in [-0.3, -0.25) is 14.7 Å². The molecule has 6 aromatic rings. The fourth-order valence-electron chi connectivity index (χ4n) is 6.18. The van der Waals surface area contributed by atoms with Crippen LogP contribution in [0.15, 0.2) is 91.4 Å². The summed E-state index contributed by atoms with van der Waals surface area (Å²) < 4.78 is 0. The van der Waals surface area contributed by atoms with Crippen molar-refractivity contribution in [3.8, 4) is 0 Å². The number of rotatable bonds is 12. The van der Waals surface area contributed by atoms with Crippen LogP contribution in [0.4, 0.5) is 0 Å². The summed E-state index contributed by atoms with van der Waals surface area (Å²) in [5.74, 6) is -3.17. The van der Waals surface area contributed by atoms with Gasteiger partial charge in [-0.1, -0.05) is 54.6 Å². The minimum absolute atomic E-state index is 0. The molecule has 0 aliphatic rings. The number of para-hydroxylation sites is 3. The molecule has 0 spiro atoms. The van der Waals surface area contributed by atoms with Gasteiger partial charge in [-0.2, -0.15) is 0 Å². The molecule has 12 nitrogen and oxygen atoms in total. The molecule has 0 saturated heterocycles. The van der Waals surface area contributed by atoms with Gasteiger partial charge in [0.05, 0.1) is 34.5 Å². The first-order valence-electron chi connectivity index (χ1n) is 17.7. The van der Waals surface area contributed by atoms with Gasteiger partial charge in [0.2, 0.25) is 0 Å². The van der Waals surface area contributed by atoms with Crippen LogP contribution in [0.25, 0.3) is 32.7 Å². The number of carboxylic acids is 3. The Balaban J connectivity index is 0.000000220. The van der Waals surface area contributed by atoms with E-state index in [1.54, 1.807) is 77.8 Å². The second-order valence-electron chi connectivity index (χ2n) is 15.0. The SMILES string of the molecule is CN(C)C(C)(Cc1c[nH]c2ccccc12)C(=O)[O-].CN(C)C(C)(Cc1c[nH]c2ccccc12)C(=O)[O-].CN(C)C(C)(Cc1c[nH]c2ccccc12)C(=O)[O-].[Al+3]. The number of benzene rings is 3. The van der Waals surface area contributed by atoms with Gasteiger partial charge in [0, 0.05) is 51.3 Å². The number of carbonyl (C=O) groups excluding carboxylic acids is 3. The number of aliphatic carboxylic acids is 3. The minimum atomic E-state index is -1.06. The predicted molar refractivity (Wildman–Crippen MR) is 213 cm³/mol. The van der Waals surface area contributed by atoms with Crippen molar-refractivity contribution in [2.45, 2.75) is 56.7 Å². The first kappa shape index (κ1) is 44.5. The molecular formula is C42H51AlN6O6. The number of carbonyl (C=O) groups is 3. The summed E-state index contributed by atoms with van der Waals surface area (Å²) >= 11 is 0. The molecule has 3 aromatic heterocycles. The Bertz CT molecular complexity index is 1980. The third-order valence-corrected chi connectivity index (χ3v) is 10.9. The minimum Gasteiger partial charge on any atom is -0.548 e. The largest absolute Gasteiger partial charge is 3.00 e. The average molecular weight is 763 g/mol. The molecule has 0 amide bonds. The number of aromatic nitrogens is 3. The van der Waals surface area contributed by atoms with Crippen LogP contribution in [0.1, 0.15) is 37.5 Å². The van der Waals surface area contributed by atoms with Gasteiger partial charge >= 0.3 is 17.4 Å². The maximum absolute atomic E-state index is 11.4. The maximum atomic E-state index is 11.4. The van der Waals surface area contributed by atoms with Crippen LogP contribution in [0.3, 0.4) is 0 Å². The molecule has 3 N–H and O–H groups in total. The second kappa shape index (κ2) is 18.2. The number of nitrogens with one attached hydrogen (secondary N) is 3. The van der Waals surface area contributed by atoms with Crippen LogP contribution < -0.4 is 15.3 Å². The van der Waals surface area contributed by atoms with Crippen LogP contribution in [-0.4, -0.2) is 124 Å². The van der Waals surface area contributed by atoms with Crippen LogP contribution in [-0.2, 0) is 33.6 Å². The molecule has 0 fully saturated rings. The summed E-state index contributed by atoms with van der Waals surface area (Å²) in [7, 11) is 10.5. The Kier molecular flexibility index (Phi) is 14.7. The quantitative estimate of drug-likeness (QED) is 0.157. The standard InChI is InChI=1S/3C14H18N2O2.Al/c3*1-14(13(17)18,16(2)3)8-10-9-15-12-7-5-4-6-11(10)12;/h3*4-7,9,15H,8H2,1-3H3,(H,17,18);/q;;;+3/p-3. The monoisotopic (exact) mass is 762 g/mol. The topological polar surface area (TPSA) is 177 Å². The van der Waals surface area contributed by atoms with Gasteiger partial charge in [0.1, 0.15) is 0 Å². The van der Waals surface area contributed by atoms with Crippen LogP contribution in [0.5, 0.6) is 0 Å². The molecule has 0 aliphatic heterocycles. The molecule has 13 heteroatoms. The third kappa shape index (κ3) is 9.68. The molecule has 0 bridgehead atoms. The number of aromatic amines is 3. The molecule has 3 atom stereocenters. The molecule has 3 unspecified atom stereocenters. The van der Waals surface area contributed by atoms with Crippen molar-refractivity contribution >= 4 is 68.0 Å². The summed E-state index contributed by atoms with van der Waals surface area (Å²) in [5.41, 5.74) is 3.01. The summed E-state index contributed by atoms with van der Waals surface area (Å²) in [6.45, 7) is 5.05. The molecule has 0 saturated carbocycles. The number of fused-ring (bicyclic) bond motifs is 3.